The Kier molecular flexibility index (Phi) is 9.58. The van der Waals surface area contributed by atoms with Crippen molar-refractivity contribution in [3.05, 3.63) is 41.1 Å². The van der Waals surface area contributed by atoms with Crippen LogP contribution in [-0.4, -0.2) is 91.8 Å². The second-order valence-corrected chi connectivity index (χ2v) is 8.99. The van der Waals surface area contributed by atoms with Crippen LogP contribution in [0.2, 0.25) is 0 Å². The SMILES string of the molecule is CCCNC(=O)N1CCN(CC2=C(C(=O)OCC)[C@H](c3ccc(OC)cc3)NC(=O)N2CC)C[C@H]1C. The lowest BCUT2D eigenvalue weighted by atomic mass is 9.94. The maximum atomic E-state index is 13.3. The van der Waals surface area contributed by atoms with Crippen LogP contribution in [0.15, 0.2) is 35.5 Å². The number of urea groups is 2. The molecule has 10 nitrogen and oxygen atoms in total. The molecule has 1 fully saturated rings. The van der Waals surface area contributed by atoms with Gasteiger partial charge in [0.1, 0.15) is 5.75 Å². The number of carbonyl (C=O) groups excluding carboxylic acids is 3. The van der Waals surface area contributed by atoms with Crippen LogP contribution < -0.4 is 15.4 Å². The quantitative estimate of drug-likeness (QED) is 0.505. The van der Waals surface area contributed by atoms with Gasteiger partial charge in [0.05, 0.1) is 25.3 Å². The second kappa shape index (κ2) is 12.6. The lowest BCUT2D eigenvalue weighted by molar-refractivity contribution is -0.139. The van der Waals surface area contributed by atoms with E-state index in [-0.39, 0.29) is 24.7 Å². The molecule has 0 spiro atoms. The normalized spacial score (nSPS) is 20.8. The number of hydrogen-bond acceptors (Lipinski definition) is 6. The topological polar surface area (TPSA) is 103 Å². The minimum Gasteiger partial charge on any atom is -0.497 e. The molecule has 0 saturated carbocycles. The molecule has 2 aliphatic rings. The molecule has 2 N–H and O–H groups in total. The molecule has 2 atom stereocenters. The van der Waals surface area contributed by atoms with Crippen LogP contribution in [0.4, 0.5) is 9.59 Å². The van der Waals surface area contributed by atoms with Gasteiger partial charge in [0.25, 0.3) is 0 Å². The summed E-state index contributed by atoms with van der Waals surface area (Å²) in [5.41, 5.74) is 1.84. The molecule has 36 heavy (non-hydrogen) atoms. The van der Waals surface area contributed by atoms with Crippen molar-refractivity contribution < 1.29 is 23.9 Å². The van der Waals surface area contributed by atoms with Crippen molar-refractivity contribution in [3.63, 3.8) is 0 Å². The molecule has 1 aromatic rings. The zero-order valence-electron chi connectivity index (χ0n) is 22.0. The third kappa shape index (κ3) is 6.10. The minimum atomic E-state index is -0.640. The third-order valence-corrected chi connectivity index (χ3v) is 6.57. The van der Waals surface area contributed by atoms with E-state index in [1.165, 1.54) is 0 Å². The highest BCUT2D eigenvalue weighted by Crippen LogP contribution is 2.33. The van der Waals surface area contributed by atoms with Crippen LogP contribution in [0.25, 0.3) is 0 Å². The smallest absolute Gasteiger partial charge is 0.338 e. The van der Waals surface area contributed by atoms with E-state index in [9.17, 15) is 14.4 Å². The molecule has 1 saturated heterocycles. The van der Waals surface area contributed by atoms with Crippen molar-refractivity contribution in [1.29, 1.82) is 0 Å². The number of amides is 4. The first kappa shape index (κ1) is 27.3. The number of likely N-dealkylation sites (N-methyl/N-ethyl adjacent to an activating group) is 1. The summed E-state index contributed by atoms with van der Waals surface area (Å²) in [5, 5.41) is 5.93. The Balaban J connectivity index is 1.92. The third-order valence-electron chi connectivity index (χ3n) is 6.57. The molecule has 1 aromatic carbocycles. The van der Waals surface area contributed by atoms with Gasteiger partial charge >= 0.3 is 18.0 Å². The zero-order valence-corrected chi connectivity index (χ0v) is 22.0. The number of benzene rings is 1. The standard InChI is InChI=1S/C26H39N5O5/c1-6-13-27-25(33)31-15-14-29(16-18(31)4)17-21-22(24(32)36-8-3)23(28-26(34)30(21)7-2)19-9-11-20(35-5)12-10-19/h9-12,18,23H,6-8,13-17H2,1-5H3,(H,27,33)(H,28,34)/t18-,23+/m1/s1. The molecule has 3 rings (SSSR count). The van der Waals surface area contributed by atoms with E-state index in [2.05, 4.69) is 15.5 Å². The van der Waals surface area contributed by atoms with Gasteiger partial charge in [-0.2, -0.15) is 0 Å². The first-order valence-electron chi connectivity index (χ1n) is 12.7. The molecule has 0 aromatic heterocycles. The van der Waals surface area contributed by atoms with E-state index >= 15 is 0 Å². The summed E-state index contributed by atoms with van der Waals surface area (Å²) < 4.78 is 10.7. The molecule has 0 aliphatic carbocycles. The molecular formula is C26H39N5O5. The fourth-order valence-electron chi connectivity index (χ4n) is 4.73. The molecule has 2 aliphatic heterocycles. The van der Waals surface area contributed by atoms with Gasteiger partial charge in [-0.15, -0.1) is 0 Å². The predicted octanol–water partition coefficient (Wildman–Crippen LogP) is 2.72. The van der Waals surface area contributed by atoms with Gasteiger partial charge in [0.15, 0.2) is 0 Å². The Bertz CT molecular complexity index is 964. The maximum Gasteiger partial charge on any atom is 0.338 e. The van der Waals surface area contributed by atoms with Gasteiger partial charge in [-0.05, 0) is 44.9 Å². The van der Waals surface area contributed by atoms with E-state index in [1.807, 2.05) is 37.8 Å². The molecule has 0 unspecified atom stereocenters. The first-order valence-corrected chi connectivity index (χ1v) is 12.7. The number of hydrogen-bond donors (Lipinski definition) is 2. The highest BCUT2D eigenvalue weighted by Gasteiger charge is 2.39. The Morgan fingerprint density at radius 3 is 2.44 bits per heavy atom. The number of piperazine rings is 1. The monoisotopic (exact) mass is 501 g/mol. The fourth-order valence-corrected chi connectivity index (χ4v) is 4.73. The maximum absolute atomic E-state index is 13.3. The summed E-state index contributed by atoms with van der Waals surface area (Å²) in [4.78, 5) is 44.6. The summed E-state index contributed by atoms with van der Waals surface area (Å²) >= 11 is 0. The average molecular weight is 502 g/mol. The largest absolute Gasteiger partial charge is 0.497 e. The van der Waals surface area contributed by atoms with Gasteiger partial charge in [-0.1, -0.05) is 19.1 Å². The number of methoxy groups -OCH3 is 1. The first-order chi connectivity index (χ1) is 17.3. The van der Waals surface area contributed by atoms with Crippen LogP contribution in [0.3, 0.4) is 0 Å². The van der Waals surface area contributed by atoms with Crippen LogP contribution in [0.5, 0.6) is 5.75 Å². The number of carbonyl (C=O) groups is 3. The molecule has 10 heteroatoms. The predicted molar refractivity (Wildman–Crippen MR) is 137 cm³/mol. The Morgan fingerprint density at radius 2 is 1.86 bits per heavy atom. The number of ether oxygens (including phenoxy) is 2. The molecular weight excluding hydrogens is 462 g/mol. The van der Waals surface area contributed by atoms with Crippen LogP contribution >= 0.6 is 0 Å². The Labute approximate surface area is 213 Å². The molecule has 0 radical (unpaired) electrons. The number of nitrogens with zero attached hydrogens (tertiary/aromatic N) is 3. The van der Waals surface area contributed by atoms with Crippen LogP contribution in [0, 0.1) is 0 Å². The van der Waals surface area contributed by atoms with Gasteiger partial charge in [0, 0.05) is 51.0 Å². The van der Waals surface area contributed by atoms with Crippen molar-refractivity contribution in [1.82, 2.24) is 25.3 Å². The zero-order chi connectivity index (χ0) is 26.2. The fraction of sp³-hybridized carbons (Fsp3) is 0.577. The molecule has 2 heterocycles. The highest BCUT2D eigenvalue weighted by molar-refractivity contribution is 5.95. The summed E-state index contributed by atoms with van der Waals surface area (Å²) in [6, 6.07) is 6.34. The number of esters is 1. The van der Waals surface area contributed by atoms with Gasteiger partial charge in [-0.25, -0.2) is 14.4 Å². The van der Waals surface area contributed by atoms with E-state index in [0.29, 0.717) is 56.3 Å². The number of nitrogens with one attached hydrogen (secondary N) is 2. The van der Waals surface area contributed by atoms with Crippen molar-refractivity contribution in [2.45, 2.75) is 46.2 Å². The number of rotatable bonds is 9. The Hall–Kier alpha value is -3.27. The van der Waals surface area contributed by atoms with Gasteiger partial charge < -0.3 is 25.0 Å². The Morgan fingerprint density at radius 1 is 1.14 bits per heavy atom. The van der Waals surface area contributed by atoms with Crippen molar-refractivity contribution in [2.75, 3.05) is 53.0 Å². The van der Waals surface area contributed by atoms with Crippen LogP contribution in [0.1, 0.15) is 45.7 Å². The lowest BCUT2D eigenvalue weighted by Gasteiger charge is -2.42. The van der Waals surface area contributed by atoms with Gasteiger partial charge in [0.2, 0.25) is 0 Å². The average Bonchev–Trinajstić information content (AvgIpc) is 2.87. The highest BCUT2D eigenvalue weighted by atomic mass is 16.5. The van der Waals surface area contributed by atoms with E-state index in [0.717, 1.165) is 12.0 Å². The van der Waals surface area contributed by atoms with E-state index < -0.39 is 12.0 Å². The second-order valence-electron chi connectivity index (χ2n) is 8.99. The van der Waals surface area contributed by atoms with Gasteiger partial charge in [-0.3, -0.25) is 9.80 Å². The minimum absolute atomic E-state index is 0.00729. The summed E-state index contributed by atoms with van der Waals surface area (Å²) in [6.07, 6.45) is 0.884. The summed E-state index contributed by atoms with van der Waals surface area (Å²) in [7, 11) is 1.59. The van der Waals surface area contributed by atoms with Crippen molar-refractivity contribution in [2.24, 2.45) is 0 Å². The molecule has 198 valence electrons. The summed E-state index contributed by atoms with van der Waals surface area (Å²) in [6.45, 7) is 11.2. The van der Waals surface area contributed by atoms with Crippen LogP contribution in [-0.2, 0) is 9.53 Å². The van der Waals surface area contributed by atoms with Crippen molar-refractivity contribution in [3.8, 4) is 5.75 Å². The summed E-state index contributed by atoms with van der Waals surface area (Å²) in [5.74, 6) is 0.241. The van der Waals surface area contributed by atoms with E-state index in [4.69, 9.17) is 9.47 Å². The molecule has 0 bridgehead atoms. The van der Waals surface area contributed by atoms with E-state index in [1.54, 1.807) is 31.1 Å². The van der Waals surface area contributed by atoms with Crippen molar-refractivity contribution >= 4 is 18.0 Å². The lowest BCUT2D eigenvalue weighted by Crippen LogP contribution is -2.58. The molecule has 4 amide bonds.